The molecule has 0 spiro atoms. The number of amides is 1. The molecule has 0 saturated heterocycles. The Morgan fingerprint density at radius 3 is 2.34 bits per heavy atom. The van der Waals surface area contributed by atoms with Gasteiger partial charge >= 0.3 is 18.2 Å². The van der Waals surface area contributed by atoms with Crippen LogP contribution in [0.15, 0.2) is 24.3 Å². The van der Waals surface area contributed by atoms with E-state index in [1.54, 1.807) is 40.0 Å². The largest absolute Gasteiger partial charge is 0.497 e. The van der Waals surface area contributed by atoms with E-state index in [0.717, 1.165) is 12.5 Å². The lowest BCUT2D eigenvalue weighted by atomic mass is 10.2. The lowest BCUT2D eigenvalue weighted by Gasteiger charge is -2.26. The Labute approximate surface area is 224 Å². The van der Waals surface area contributed by atoms with E-state index >= 15 is 0 Å². The predicted octanol–water partition coefficient (Wildman–Crippen LogP) is 4.23. The number of rotatable bonds is 11. The van der Waals surface area contributed by atoms with Gasteiger partial charge in [0.15, 0.2) is 16.9 Å². The molecule has 0 bridgehead atoms. The van der Waals surface area contributed by atoms with E-state index in [0.29, 0.717) is 11.4 Å². The summed E-state index contributed by atoms with van der Waals surface area (Å²) in [6, 6.07) is 7.18. The molecule has 2 rings (SSSR count). The van der Waals surface area contributed by atoms with Crippen LogP contribution in [0.1, 0.15) is 42.5 Å². The van der Waals surface area contributed by atoms with Crippen LogP contribution in [0.25, 0.3) is 0 Å². The quantitative estimate of drug-likeness (QED) is 0.319. The summed E-state index contributed by atoms with van der Waals surface area (Å²) in [5.41, 5.74) is 1.30. The summed E-state index contributed by atoms with van der Waals surface area (Å²) in [4.78, 5) is 26.2. The predicted molar refractivity (Wildman–Crippen MR) is 137 cm³/mol. The van der Waals surface area contributed by atoms with Crippen molar-refractivity contribution >= 4 is 35.1 Å². The maximum absolute atomic E-state index is 13.0. The smallest absolute Gasteiger partial charge is 0.414 e. The molecule has 1 atom stereocenters. The molecular weight excluding hydrogens is 529 g/mol. The molecule has 0 aliphatic rings. The van der Waals surface area contributed by atoms with Gasteiger partial charge in [0.1, 0.15) is 5.75 Å². The van der Waals surface area contributed by atoms with E-state index in [1.807, 2.05) is 12.1 Å². The average molecular weight is 561 g/mol. The number of aromatic nitrogens is 2. The van der Waals surface area contributed by atoms with Crippen molar-refractivity contribution in [2.75, 3.05) is 38.4 Å². The number of nitrogens with zero attached hydrogens (tertiary/aromatic N) is 3. The SMILES string of the molecule is CCOC(=O)NC(=S)N(CCOC(C)C(F)(F)F)c1c(C(=O)OCC)nn(Cc2ccc(OC)cc2)c1C. The number of methoxy groups -OCH3 is 1. The van der Waals surface area contributed by atoms with Gasteiger partial charge in [0.25, 0.3) is 0 Å². The summed E-state index contributed by atoms with van der Waals surface area (Å²) in [7, 11) is 1.55. The van der Waals surface area contributed by atoms with Gasteiger partial charge in [-0.1, -0.05) is 12.1 Å². The lowest BCUT2D eigenvalue weighted by Crippen LogP contribution is -2.45. The van der Waals surface area contributed by atoms with Crippen molar-refractivity contribution in [1.82, 2.24) is 15.1 Å². The standard InChI is InChI=1S/C24H31F3N4O6S/c1-6-35-21(32)19-20(15(3)31(29-19)14-17-8-10-18(34-5)11-9-17)30(22(38)28-23(33)36-7-2)12-13-37-16(4)24(25,26)27/h8-11,16H,6-7,12-14H2,1-5H3,(H,28,33,38). The number of hydrogen-bond donors (Lipinski definition) is 1. The number of anilines is 1. The zero-order valence-electron chi connectivity index (χ0n) is 21.8. The third-order valence-corrected chi connectivity index (χ3v) is 5.60. The number of benzene rings is 1. The third-order valence-electron chi connectivity index (χ3n) is 5.28. The number of carbonyl (C=O) groups excluding carboxylic acids is 2. The Morgan fingerprint density at radius 1 is 1.16 bits per heavy atom. The summed E-state index contributed by atoms with van der Waals surface area (Å²) >= 11 is 5.37. The second-order valence-electron chi connectivity index (χ2n) is 7.87. The molecule has 14 heteroatoms. The first-order valence-corrected chi connectivity index (χ1v) is 12.1. The minimum atomic E-state index is -4.57. The fourth-order valence-electron chi connectivity index (χ4n) is 3.31. The molecule has 0 aliphatic heterocycles. The van der Waals surface area contributed by atoms with Crippen molar-refractivity contribution < 1.29 is 41.7 Å². The molecular formula is C24H31F3N4O6S. The Bertz CT molecular complexity index is 1110. The van der Waals surface area contributed by atoms with Gasteiger partial charge in [0.05, 0.1) is 44.9 Å². The molecule has 1 amide bonds. The summed E-state index contributed by atoms with van der Waals surface area (Å²) in [6.07, 6.45) is -7.48. The van der Waals surface area contributed by atoms with Crippen molar-refractivity contribution in [3.8, 4) is 5.75 Å². The Balaban J connectivity index is 2.49. The zero-order chi connectivity index (χ0) is 28.5. The fraction of sp³-hybridized carbons (Fsp3) is 0.500. The molecule has 0 saturated carbocycles. The first-order valence-electron chi connectivity index (χ1n) is 11.7. The number of esters is 1. The Hall–Kier alpha value is -3.39. The van der Waals surface area contributed by atoms with Gasteiger partial charge in [0.2, 0.25) is 0 Å². The average Bonchev–Trinajstić information content (AvgIpc) is 3.17. The van der Waals surface area contributed by atoms with Gasteiger partial charge in [-0.3, -0.25) is 10.00 Å². The van der Waals surface area contributed by atoms with Crippen molar-refractivity contribution in [2.45, 2.75) is 46.5 Å². The van der Waals surface area contributed by atoms with Crippen molar-refractivity contribution in [3.05, 3.63) is 41.2 Å². The number of nitrogens with one attached hydrogen (secondary N) is 1. The van der Waals surface area contributed by atoms with E-state index in [9.17, 15) is 22.8 Å². The van der Waals surface area contributed by atoms with Crippen LogP contribution < -0.4 is 15.0 Å². The summed E-state index contributed by atoms with van der Waals surface area (Å²) in [6.45, 7) is 5.44. The van der Waals surface area contributed by atoms with Gasteiger partial charge in [-0.15, -0.1) is 0 Å². The van der Waals surface area contributed by atoms with Crippen LogP contribution in [0.3, 0.4) is 0 Å². The first kappa shape index (κ1) is 30.8. The van der Waals surface area contributed by atoms with E-state index in [4.69, 9.17) is 31.2 Å². The molecule has 10 nitrogen and oxygen atoms in total. The first-order chi connectivity index (χ1) is 17.9. The van der Waals surface area contributed by atoms with Gasteiger partial charge in [-0.2, -0.15) is 18.3 Å². The normalized spacial score (nSPS) is 12.0. The van der Waals surface area contributed by atoms with Gasteiger partial charge in [-0.25, -0.2) is 9.59 Å². The van der Waals surface area contributed by atoms with Gasteiger partial charge < -0.3 is 23.8 Å². The summed E-state index contributed by atoms with van der Waals surface area (Å²) < 4.78 is 60.6. The zero-order valence-corrected chi connectivity index (χ0v) is 22.6. The van der Waals surface area contributed by atoms with Crippen LogP contribution >= 0.6 is 12.2 Å². The van der Waals surface area contributed by atoms with E-state index in [1.165, 1.54) is 9.58 Å². The topological polar surface area (TPSA) is 104 Å². The summed E-state index contributed by atoms with van der Waals surface area (Å²) in [5, 5.41) is 6.55. The maximum Gasteiger partial charge on any atom is 0.414 e. The summed E-state index contributed by atoms with van der Waals surface area (Å²) in [5.74, 6) is -0.110. The lowest BCUT2D eigenvalue weighted by molar-refractivity contribution is -0.213. The molecule has 1 N–H and O–H groups in total. The molecule has 0 aliphatic carbocycles. The van der Waals surface area contributed by atoms with Gasteiger partial charge in [0, 0.05) is 6.54 Å². The maximum atomic E-state index is 13.0. The number of alkyl carbamates (subject to hydrolysis) is 1. The molecule has 1 aromatic carbocycles. The van der Waals surface area contributed by atoms with Crippen LogP contribution in [0, 0.1) is 6.92 Å². The molecule has 1 heterocycles. The molecule has 38 heavy (non-hydrogen) atoms. The second kappa shape index (κ2) is 14.0. The number of thiocarbonyl (C=S) groups is 1. The highest BCUT2D eigenvalue weighted by molar-refractivity contribution is 7.80. The van der Waals surface area contributed by atoms with Crippen LogP contribution in [-0.2, 0) is 20.8 Å². The highest BCUT2D eigenvalue weighted by Crippen LogP contribution is 2.28. The monoisotopic (exact) mass is 560 g/mol. The van der Waals surface area contributed by atoms with Crippen LogP contribution in [0.5, 0.6) is 5.75 Å². The Morgan fingerprint density at radius 2 is 1.79 bits per heavy atom. The van der Waals surface area contributed by atoms with E-state index in [2.05, 4.69) is 10.4 Å². The highest BCUT2D eigenvalue weighted by Gasteiger charge is 2.37. The Kier molecular flexibility index (Phi) is 11.3. The minimum Gasteiger partial charge on any atom is -0.497 e. The second-order valence-corrected chi connectivity index (χ2v) is 8.25. The number of halogens is 3. The third kappa shape index (κ3) is 8.31. The minimum absolute atomic E-state index is 0.0559. The molecule has 0 fully saturated rings. The van der Waals surface area contributed by atoms with Crippen LogP contribution in [-0.4, -0.2) is 72.7 Å². The molecule has 1 unspecified atom stereocenters. The van der Waals surface area contributed by atoms with E-state index < -0.39 is 30.9 Å². The molecule has 1 aromatic heterocycles. The van der Waals surface area contributed by atoms with Crippen LogP contribution in [0.4, 0.5) is 23.7 Å². The van der Waals surface area contributed by atoms with Crippen molar-refractivity contribution in [3.63, 3.8) is 0 Å². The molecule has 2 aromatic rings. The number of carbonyl (C=O) groups is 2. The number of ether oxygens (including phenoxy) is 4. The molecule has 0 radical (unpaired) electrons. The number of alkyl halides is 3. The fourth-order valence-corrected chi connectivity index (χ4v) is 3.57. The van der Waals surface area contributed by atoms with Crippen molar-refractivity contribution in [2.24, 2.45) is 0 Å². The van der Waals surface area contributed by atoms with Crippen molar-refractivity contribution in [1.29, 1.82) is 0 Å². The molecule has 210 valence electrons. The highest BCUT2D eigenvalue weighted by atomic mass is 32.1. The van der Waals surface area contributed by atoms with Gasteiger partial charge in [-0.05, 0) is 57.6 Å². The number of hydrogen-bond acceptors (Lipinski definition) is 8. The van der Waals surface area contributed by atoms with Crippen LogP contribution in [0.2, 0.25) is 0 Å². The van der Waals surface area contributed by atoms with E-state index in [-0.39, 0.29) is 42.8 Å².